The first-order valence-corrected chi connectivity index (χ1v) is 6.62. The van der Waals surface area contributed by atoms with Crippen LogP contribution in [0.15, 0.2) is 24.3 Å². The van der Waals surface area contributed by atoms with E-state index in [0.717, 1.165) is 23.9 Å². The highest BCUT2D eigenvalue weighted by Gasteiger charge is 2.36. The Morgan fingerprint density at radius 1 is 1.50 bits per heavy atom. The minimum Gasteiger partial charge on any atom is -0.478 e. The molecule has 2 atom stereocenters. The maximum atomic E-state index is 10.9. The molecule has 18 heavy (non-hydrogen) atoms. The minimum atomic E-state index is -0.860. The number of hydrogen-bond acceptors (Lipinski definition) is 2. The predicted octanol–water partition coefficient (Wildman–Crippen LogP) is 2.91. The normalized spacial score (nSPS) is 22.2. The van der Waals surface area contributed by atoms with Crippen molar-refractivity contribution in [3.8, 4) is 0 Å². The average Bonchev–Trinajstić information content (AvgIpc) is 3.04. The van der Waals surface area contributed by atoms with Gasteiger partial charge in [-0.1, -0.05) is 26.0 Å². The Balaban J connectivity index is 1.81. The Labute approximate surface area is 108 Å². The second kappa shape index (κ2) is 5.53. The number of carbonyl (C=O) groups is 1. The Kier molecular flexibility index (Phi) is 4.02. The van der Waals surface area contributed by atoms with Crippen molar-refractivity contribution in [2.75, 3.05) is 0 Å². The zero-order valence-corrected chi connectivity index (χ0v) is 11.0. The van der Waals surface area contributed by atoms with Gasteiger partial charge in [-0.2, -0.15) is 0 Å². The molecule has 1 fully saturated rings. The van der Waals surface area contributed by atoms with Crippen molar-refractivity contribution < 1.29 is 9.90 Å². The molecule has 3 nitrogen and oxygen atoms in total. The highest BCUT2D eigenvalue weighted by Crippen LogP contribution is 2.36. The van der Waals surface area contributed by atoms with Gasteiger partial charge in [0.1, 0.15) is 0 Å². The molecule has 0 unspecified atom stereocenters. The Bertz CT molecular complexity index is 428. The number of rotatable bonds is 6. The third kappa shape index (κ3) is 3.57. The van der Waals surface area contributed by atoms with E-state index < -0.39 is 5.97 Å². The van der Waals surface area contributed by atoms with Gasteiger partial charge in [0.25, 0.3) is 0 Å². The van der Waals surface area contributed by atoms with Crippen LogP contribution in [0.2, 0.25) is 0 Å². The molecule has 0 spiro atoms. The van der Waals surface area contributed by atoms with Crippen LogP contribution in [0, 0.1) is 11.8 Å². The predicted molar refractivity (Wildman–Crippen MR) is 71.6 cm³/mol. The molecular formula is C15H21NO2. The van der Waals surface area contributed by atoms with E-state index in [9.17, 15) is 4.79 Å². The quantitative estimate of drug-likeness (QED) is 0.812. The van der Waals surface area contributed by atoms with Crippen molar-refractivity contribution >= 4 is 5.97 Å². The summed E-state index contributed by atoms with van der Waals surface area (Å²) in [5, 5.41) is 12.4. The van der Waals surface area contributed by atoms with Crippen molar-refractivity contribution in [2.45, 2.75) is 39.3 Å². The van der Waals surface area contributed by atoms with Crippen LogP contribution in [0.25, 0.3) is 0 Å². The van der Waals surface area contributed by atoms with Crippen molar-refractivity contribution in [3.63, 3.8) is 0 Å². The lowest BCUT2D eigenvalue weighted by Gasteiger charge is -2.06. The summed E-state index contributed by atoms with van der Waals surface area (Å²) in [5.74, 6) is 0.714. The van der Waals surface area contributed by atoms with Crippen LogP contribution in [0.5, 0.6) is 0 Å². The molecule has 0 aliphatic heterocycles. The van der Waals surface area contributed by atoms with Crippen molar-refractivity contribution in [1.29, 1.82) is 0 Å². The minimum absolute atomic E-state index is 0.365. The van der Waals surface area contributed by atoms with Crippen molar-refractivity contribution in [3.05, 3.63) is 35.4 Å². The van der Waals surface area contributed by atoms with E-state index in [-0.39, 0.29) is 0 Å². The molecule has 0 amide bonds. The van der Waals surface area contributed by atoms with Gasteiger partial charge in [0.05, 0.1) is 5.56 Å². The molecule has 1 aliphatic rings. The summed E-state index contributed by atoms with van der Waals surface area (Å²) >= 11 is 0. The summed E-state index contributed by atoms with van der Waals surface area (Å²) in [7, 11) is 0. The van der Waals surface area contributed by atoms with Crippen LogP contribution in [0.1, 0.15) is 42.6 Å². The standard InChI is InChI=1S/C15H21NO2/c1-10(2)6-13-8-14(13)16-9-11-4-3-5-12(7-11)15(17)18/h3-5,7,10,13-14,16H,6,8-9H2,1-2H3,(H,17,18)/t13-,14-/m1/s1. The molecule has 0 radical (unpaired) electrons. The summed E-state index contributed by atoms with van der Waals surface area (Å²) < 4.78 is 0. The number of aromatic carboxylic acids is 1. The molecule has 98 valence electrons. The lowest BCUT2D eigenvalue weighted by atomic mass is 10.1. The van der Waals surface area contributed by atoms with Crippen LogP contribution in [0.4, 0.5) is 0 Å². The van der Waals surface area contributed by atoms with Crippen molar-refractivity contribution in [2.24, 2.45) is 11.8 Å². The van der Waals surface area contributed by atoms with E-state index in [2.05, 4.69) is 19.2 Å². The second-order valence-corrected chi connectivity index (χ2v) is 5.62. The molecule has 0 heterocycles. The van der Waals surface area contributed by atoms with Crippen LogP contribution in [-0.2, 0) is 6.54 Å². The Morgan fingerprint density at radius 3 is 2.94 bits per heavy atom. The molecule has 2 N–H and O–H groups in total. The van der Waals surface area contributed by atoms with Gasteiger partial charge in [0.15, 0.2) is 0 Å². The molecule has 0 saturated heterocycles. The molecule has 2 rings (SSSR count). The number of hydrogen-bond donors (Lipinski definition) is 2. The molecule has 3 heteroatoms. The maximum absolute atomic E-state index is 10.9. The van der Waals surface area contributed by atoms with E-state index in [1.165, 1.54) is 12.8 Å². The molecule has 1 saturated carbocycles. The van der Waals surface area contributed by atoms with Gasteiger partial charge in [-0.3, -0.25) is 0 Å². The summed E-state index contributed by atoms with van der Waals surface area (Å²) in [4.78, 5) is 10.9. The van der Waals surface area contributed by atoms with Gasteiger partial charge in [-0.05, 0) is 42.4 Å². The highest BCUT2D eigenvalue weighted by atomic mass is 16.4. The first-order valence-electron chi connectivity index (χ1n) is 6.62. The fourth-order valence-electron chi connectivity index (χ4n) is 2.43. The summed E-state index contributed by atoms with van der Waals surface area (Å²) in [6, 6.07) is 7.78. The number of benzene rings is 1. The summed E-state index contributed by atoms with van der Waals surface area (Å²) in [6.45, 7) is 5.28. The summed E-state index contributed by atoms with van der Waals surface area (Å²) in [6.07, 6.45) is 2.55. The topological polar surface area (TPSA) is 49.3 Å². The van der Waals surface area contributed by atoms with E-state index in [1.807, 2.05) is 6.07 Å². The molecular weight excluding hydrogens is 226 g/mol. The number of carboxylic acid groups (broad SMARTS) is 1. The van der Waals surface area contributed by atoms with Crippen molar-refractivity contribution in [1.82, 2.24) is 5.32 Å². The highest BCUT2D eigenvalue weighted by molar-refractivity contribution is 5.87. The largest absolute Gasteiger partial charge is 0.478 e. The van der Waals surface area contributed by atoms with Gasteiger partial charge < -0.3 is 10.4 Å². The van der Waals surface area contributed by atoms with E-state index in [4.69, 9.17) is 5.11 Å². The fraction of sp³-hybridized carbons (Fsp3) is 0.533. The third-order valence-electron chi connectivity index (χ3n) is 3.44. The number of nitrogens with one attached hydrogen (secondary N) is 1. The van der Waals surface area contributed by atoms with E-state index in [0.29, 0.717) is 11.6 Å². The first-order chi connectivity index (χ1) is 8.56. The van der Waals surface area contributed by atoms with Crippen LogP contribution in [-0.4, -0.2) is 17.1 Å². The smallest absolute Gasteiger partial charge is 0.335 e. The molecule has 1 aliphatic carbocycles. The van der Waals surface area contributed by atoms with Gasteiger partial charge in [-0.15, -0.1) is 0 Å². The first kappa shape index (κ1) is 13.1. The maximum Gasteiger partial charge on any atom is 0.335 e. The zero-order valence-electron chi connectivity index (χ0n) is 11.0. The van der Waals surface area contributed by atoms with Gasteiger partial charge in [0.2, 0.25) is 0 Å². The van der Waals surface area contributed by atoms with Crippen LogP contribution >= 0.6 is 0 Å². The molecule has 0 aromatic heterocycles. The van der Waals surface area contributed by atoms with E-state index >= 15 is 0 Å². The lowest BCUT2D eigenvalue weighted by molar-refractivity contribution is 0.0696. The lowest BCUT2D eigenvalue weighted by Crippen LogP contribution is -2.18. The van der Waals surface area contributed by atoms with Crippen LogP contribution in [0.3, 0.4) is 0 Å². The fourth-order valence-corrected chi connectivity index (χ4v) is 2.43. The average molecular weight is 247 g/mol. The molecule has 0 bridgehead atoms. The molecule has 1 aromatic rings. The van der Waals surface area contributed by atoms with Gasteiger partial charge in [0, 0.05) is 12.6 Å². The monoisotopic (exact) mass is 247 g/mol. The van der Waals surface area contributed by atoms with E-state index in [1.54, 1.807) is 18.2 Å². The van der Waals surface area contributed by atoms with Gasteiger partial charge >= 0.3 is 5.97 Å². The third-order valence-corrected chi connectivity index (χ3v) is 3.44. The van der Waals surface area contributed by atoms with Crippen LogP contribution < -0.4 is 5.32 Å². The Hall–Kier alpha value is -1.35. The summed E-state index contributed by atoms with van der Waals surface area (Å²) in [5.41, 5.74) is 1.41. The molecule has 1 aromatic carbocycles. The second-order valence-electron chi connectivity index (χ2n) is 5.62. The van der Waals surface area contributed by atoms with Gasteiger partial charge in [-0.25, -0.2) is 4.79 Å². The number of carboxylic acids is 1. The SMILES string of the molecule is CC(C)C[C@@H]1C[C@H]1NCc1cccc(C(=O)O)c1. The Morgan fingerprint density at radius 2 is 2.28 bits per heavy atom. The zero-order chi connectivity index (χ0) is 13.1.